The smallest absolute Gasteiger partial charge is 0.214 e. The number of hydrogen-bond donors (Lipinski definition) is 2. The van der Waals surface area contributed by atoms with Gasteiger partial charge in [0.25, 0.3) is 0 Å². The van der Waals surface area contributed by atoms with Crippen molar-refractivity contribution in [2.75, 3.05) is 17.2 Å². The van der Waals surface area contributed by atoms with E-state index in [4.69, 9.17) is 0 Å². The van der Waals surface area contributed by atoms with Crippen LogP contribution < -0.4 is 4.90 Å². The zero-order chi connectivity index (χ0) is 23.6. The molecule has 0 fully saturated rings. The molecule has 0 aliphatic heterocycles. The van der Waals surface area contributed by atoms with Crippen molar-refractivity contribution in [3.63, 3.8) is 0 Å². The summed E-state index contributed by atoms with van der Waals surface area (Å²) in [6.07, 6.45) is 9.17. The lowest BCUT2D eigenvalue weighted by Crippen LogP contribution is -2.24. The normalized spacial score (nSPS) is 11.6. The number of benzene rings is 1. The van der Waals surface area contributed by atoms with Gasteiger partial charge in [0, 0.05) is 30.6 Å². The highest BCUT2D eigenvalue weighted by Gasteiger charge is 2.16. The second kappa shape index (κ2) is 12.8. The number of anilines is 1. The van der Waals surface area contributed by atoms with Crippen molar-refractivity contribution in [2.24, 2.45) is 0 Å². The molecule has 0 unspecified atom stereocenters. The predicted octanol–water partition coefficient (Wildman–Crippen LogP) is 6.70. The quantitative estimate of drug-likeness (QED) is 0.187. The van der Waals surface area contributed by atoms with Crippen molar-refractivity contribution in [3.05, 3.63) is 35.9 Å². The molecule has 178 valence electrons. The van der Waals surface area contributed by atoms with Gasteiger partial charge < -0.3 is 15.1 Å². The van der Waals surface area contributed by atoms with Crippen LogP contribution in [0.4, 0.5) is 5.69 Å². The average Bonchev–Trinajstić information content (AvgIpc) is 3.03. The Kier molecular flexibility index (Phi) is 10.5. The van der Waals surface area contributed by atoms with E-state index >= 15 is 0 Å². The van der Waals surface area contributed by atoms with E-state index in [1.165, 1.54) is 49.4 Å². The second-order valence-corrected chi connectivity index (χ2v) is 10.5. The third-order valence-electron chi connectivity index (χ3n) is 5.78. The van der Waals surface area contributed by atoms with Crippen LogP contribution in [0.1, 0.15) is 78.2 Å². The number of unbranched alkanes of at least 4 members (excludes halogenated alkanes) is 6. The summed E-state index contributed by atoms with van der Waals surface area (Å²) in [5.74, 6) is 0.834. The van der Waals surface area contributed by atoms with Crippen LogP contribution in [0.3, 0.4) is 0 Å². The van der Waals surface area contributed by atoms with Crippen molar-refractivity contribution in [2.45, 2.75) is 89.5 Å². The number of amides is 1. The molecule has 2 rings (SSSR count). The first kappa shape index (κ1) is 26.2. The van der Waals surface area contributed by atoms with Crippen molar-refractivity contribution < 1.29 is 15.0 Å². The van der Waals surface area contributed by atoms with Crippen molar-refractivity contribution in [1.82, 2.24) is 4.57 Å². The standard InChI is InChI=1S/C26H40N2O3S/c1-5-6-7-8-9-10-11-16-28-24(30)19-23(25(28)31)32-18-17-27(20-29)22-14-12-21(13-15-22)26(2,3)4/h12-15,19-20,30-31H,5-11,16-18H2,1-4H3. The first-order valence-electron chi connectivity index (χ1n) is 11.8. The molecule has 2 N–H and O–H groups in total. The Morgan fingerprint density at radius 2 is 1.62 bits per heavy atom. The van der Waals surface area contributed by atoms with Crippen molar-refractivity contribution >= 4 is 23.9 Å². The van der Waals surface area contributed by atoms with Gasteiger partial charge in [-0.3, -0.25) is 9.36 Å². The highest BCUT2D eigenvalue weighted by Crippen LogP contribution is 2.36. The molecule has 0 aliphatic carbocycles. The van der Waals surface area contributed by atoms with Gasteiger partial charge in [-0.05, 0) is 29.5 Å². The molecule has 2 aromatic rings. The first-order chi connectivity index (χ1) is 15.3. The number of carbonyl (C=O) groups excluding carboxylic acids is 1. The molecule has 1 aromatic heterocycles. The third-order valence-corrected chi connectivity index (χ3v) is 6.78. The summed E-state index contributed by atoms with van der Waals surface area (Å²) in [6.45, 7) is 9.85. The predicted molar refractivity (Wildman–Crippen MR) is 135 cm³/mol. The van der Waals surface area contributed by atoms with Gasteiger partial charge in [0.15, 0.2) is 5.88 Å². The molecular formula is C26H40N2O3S. The Morgan fingerprint density at radius 1 is 1.00 bits per heavy atom. The minimum absolute atomic E-state index is 0.0716. The van der Waals surface area contributed by atoms with E-state index in [1.807, 2.05) is 12.1 Å². The Labute approximate surface area is 197 Å². The van der Waals surface area contributed by atoms with Crippen LogP contribution in [0.25, 0.3) is 0 Å². The van der Waals surface area contributed by atoms with Crippen molar-refractivity contribution in [1.29, 1.82) is 0 Å². The van der Waals surface area contributed by atoms with E-state index < -0.39 is 0 Å². The average molecular weight is 461 g/mol. The van der Waals surface area contributed by atoms with Crippen LogP contribution in [0, 0.1) is 0 Å². The summed E-state index contributed by atoms with van der Waals surface area (Å²) in [4.78, 5) is 13.9. The van der Waals surface area contributed by atoms with Crippen LogP contribution in [0.5, 0.6) is 11.8 Å². The Balaban J connectivity index is 1.84. The number of carbonyl (C=O) groups is 1. The Hall–Kier alpha value is -2.08. The van der Waals surface area contributed by atoms with Gasteiger partial charge in [0.2, 0.25) is 12.3 Å². The largest absolute Gasteiger partial charge is 0.494 e. The van der Waals surface area contributed by atoms with Gasteiger partial charge >= 0.3 is 0 Å². The summed E-state index contributed by atoms with van der Waals surface area (Å²) in [5.41, 5.74) is 2.16. The van der Waals surface area contributed by atoms with E-state index in [-0.39, 0.29) is 17.2 Å². The highest BCUT2D eigenvalue weighted by atomic mass is 32.2. The molecule has 0 radical (unpaired) electrons. The number of hydrogen-bond acceptors (Lipinski definition) is 4. The maximum absolute atomic E-state index is 11.6. The molecule has 0 atom stereocenters. The number of aromatic nitrogens is 1. The molecule has 1 heterocycles. The maximum atomic E-state index is 11.6. The molecule has 0 aliphatic rings. The number of aromatic hydroxyl groups is 2. The molecule has 1 aromatic carbocycles. The summed E-state index contributed by atoms with van der Waals surface area (Å²) in [7, 11) is 0. The Bertz CT molecular complexity index is 825. The van der Waals surface area contributed by atoms with Crippen LogP contribution in [-0.2, 0) is 16.8 Å². The fourth-order valence-corrected chi connectivity index (χ4v) is 4.64. The minimum Gasteiger partial charge on any atom is -0.494 e. The van der Waals surface area contributed by atoms with E-state index in [2.05, 4.69) is 39.8 Å². The lowest BCUT2D eigenvalue weighted by Gasteiger charge is -2.21. The van der Waals surface area contributed by atoms with E-state index in [1.54, 1.807) is 15.5 Å². The fourth-order valence-electron chi connectivity index (χ4n) is 3.70. The molecule has 0 saturated heterocycles. The van der Waals surface area contributed by atoms with Gasteiger partial charge in [-0.1, -0.05) is 78.4 Å². The fraction of sp³-hybridized carbons (Fsp3) is 0.577. The van der Waals surface area contributed by atoms with Crippen LogP contribution in [0.15, 0.2) is 35.2 Å². The lowest BCUT2D eigenvalue weighted by atomic mass is 9.87. The van der Waals surface area contributed by atoms with Gasteiger partial charge in [0.1, 0.15) is 0 Å². The van der Waals surface area contributed by atoms with Gasteiger partial charge in [0.05, 0.1) is 4.90 Å². The number of rotatable bonds is 14. The molecule has 6 heteroatoms. The monoisotopic (exact) mass is 460 g/mol. The van der Waals surface area contributed by atoms with E-state index in [0.29, 0.717) is 23.7 Å². The van der Waals surface area contributed by atoms with Crippen LogP contribution in [-0.4, -0.2) is 33.5 Å². The summed E-state index contributed by atoms with van der Waals surface area (Å²) in [5, 5.41) is 20.8. The third kappa shape index (κ3) is 7.80. The van der Waals surface area contributed by atoms with Crippen LogP contribution in [0.2, 0.25) is 0 Å². The molecule has 1 amide bonds. The zero-order valence-corrected chi connectivity index (χ0v) is 21.0. The SMILES string of the molecule is CCCCCCCCCn1c(O)cc(SCCN(C=O)c2ccc(C(C)(C)C)cc2)c1O. The summed E-state index contributed by atoms with van der Waals surface area (Å²) in [6, 6.07) is 9.69. The molecule has 0 bridgehead atoms. The summed E-state index contributed by atoms with van der Waals surface area (Å²) >= 11 is 1.45. The zero-order valence-electron chi connectivity index (χ0n) is 20.1. The first-order valence-corrected chi connectivity index (χ1v) is 12.8. The lowest BCUT2D eigenvalue weighted by molar-refractivity contribution is -0.107. The van der Waals surface area contributed by atoms with Gasteiger partial charge in [-0.2, -0.15) is 0 Å². The molecule has 0 saturated carbocycles. The van der Waals surface area contributed by atoms with E-state index in [0.717, 1.165) is 24.9 Å². The Morgan fingerprint density at radius 3 is 2.22 bits per heavy atom. The van der Waals surface area contributed by atoms with E-state index in [9.17, 15) is 15.0 Å². The molecular weight excluding hydrogens is 420 g/mol. The highest BCUT2D eigenvalue weighted by molar-refractivity contribution is 7.99. The van der Waals surface area contributed by atoms with Gasteiger partial charge in [-0.15, -0.1) is 11.8 Å². The number of nitrogens with zero attached hydrogens (tertiary/aromatic N) is 2. The number of thioether (sulfide) groups is 1. The maximum Gasteiger partial charge on any atom is 0.214 e. The molecule has 32 heavy (non-hydrogen) atoms. The minimum atomic E-state index is 0.0716. The summed E-state index contributed by atoms with van der Waals surface area (Å²) < 4.78 is 1.58. The van der Waals surface area contributed by atoms with Gasteiger partial charge in [-0.25, -0.2) is 0 Å². The topological polar surface area (TPSA) is 65.7 Å². The van der Waals surface area contributed by atoms with Crippen molar-refractivity contribution in [3.8, 4) is 11.8 Å². The molecule has 5 nitrogen and oxygen atoms in total. The molecule has 0 spiro atoms. The van der Waals surface area contributed by atoms with Crippen LogP contribution >= 0.6 is 11.8 Å². The second-order valence-electron chi connectivity index (χ2n) is 9.41.